The van der Waals surface area contributed by atoms with Crippen LogP contribution in [0.4, 0.5) is 5.69 Å². The lowest BCUT2D eigenvalue weighted by molar-refractivity contribution is -0.137. The van der Waals surface area contributed by atoms with Crippen LogP contribution >= 0.6 is 0 Å². The van der Waals surface area contributed by atoms with Gasteiger partial charge in [-0.1, -0.05) is 48.5 Å². The summed E-state index contributed by atoms with van der Waals surface area (Å²) < 4.78 is 5.58. The SMILES string of the molecule is C[C@@H]1CN(C(=O)COCc2ccccc2)CCN1c1ccccc1. The van der Waals surface area contributed by atoms with Gasteiger partial charge in [-0.15, -0.1) is 0 Å². The molecule has 2 aromatic carbocycles. The number of para-hydroxylation sites is 1. The van der Waals surface area contributed by atoms with Gasteiger partial charge in [-0.3, -0.25) is 4.79 Å². The Hall–Kier alpha value is -2.33. The van der Waals surface area contributed by atoms with E-state index in [0.29, 0.717) is 12.6 Å². The van der Waals surface area contributed by atoms with Gasteiger partial charge < -0.3 is 14.5 Å². The fraction of sp³-hybridized carbons (Fsp3) is 0.350. The quantitative estimate of drug-likeness (QED) is 0.848. The Morgan fingerprint density at radius 2 is 1.71 bits per heavy atom. The van der Waals surface area contributed by atoms with Gasteiger partial charge in [0, 0.05) is 31.4 Å². The minimum absolute atomic E-state index is 0.0745. The Balaban J connectivity index is 1.47. The third-order valence-electron chi connectivity index (χ3n) is 4.41. The lowest BCUT2D eigenvalue weighted by Crippen LogP contribution is -2.54. The smallest absolute Gasteiger partial charge is 0.248 e. The van der Waals surface area contributed by atoms with Gasteiger partial charge in [0.15, 0.2) is 0 Å². The standard InChI is InChI=1S/C20H24N2O2/c1-17-14-21(12-13-22(17)19-10-6-3-7-11-19)20(23)16-24-15-18-8-4-2-5-9-18/h2-11,17H,12-16H2,1H3/t17-/m1/s1. The number of nitrogens with zero attached hydrogens (tertiary/aromatic N) is 2. The van der Waals surface area contributed by atoms with Gasteiger partial charge in [-0.25, -0.2) is 0 Å². The Labute approximate surface area is 143 Å². The van der Waals surface area contributed by atoms with Crippen LogP contribution in [0.25, 0.3) is 0 Å². The number of hydrogen-bond donors (Lipinski definition) is 0. The molecule has 1 fully saturated rings. The molecule has 1 heterocycles. The fourth-order valence-electron chi connectivity index (χ4n) is 3.11. The highest BCUT2D eigenvalue weighted by atomic mass is 16.5. The van der Waals surface area contributed by atoms with Crippen molar-refractivity contribution in [2.45, 2.75) is 19.6 Å². The Morgan fingerprint density at radius 1 is 1.04 bits per heavy atom. The van der Waals surface area contributed by atoms with E-state index in [1.165, 1.54) is 5.69 Å². The third kappa shape index (κ3) is 4.15. The minimum Gasteiger partial charge on any atom is -0.367 e. The summed E-state index contributed by atoms with van der Waals surface area (Å²) in [5, 5.41) is 0. The van der Waals surface area contributed by atoms with Crippen LogP contribution < -0.4 is 4.90 Å². The summed E-state index contributed by atoms with van der Waals surface area (Å²) in [6.07, 6.45) is 0. The summed E-state index contributed by atoms with van der Waals surface area (Å²) in [4.78, 5) is 16.6. The van der Waals surface area contributed by atoms with E-state index in [1.807, 2.05) is 41.3 Å². The molecular formula is C20H24N2O2. The predicted molar refractivity (Wildman–Crippen MR) is 95.9 cm³/mol. The van der Waals surface area contributed by atoms with E-state index in [4.69, 9.17) is 4.74 Å². The maximum absolute atomic E-state index is 12.4. The molecule has 0 saturated carbocycles. The molecule has 0 N–H and O–H groups in total. The zero-order chi connectivity index (χ0) is 16.8. The summed E-state index contributed by atoms with van der Waals surface area (Å²) in [5.74, 6) is 0.0745. The minimum atomic E-state index is 0.0745. The fourth-order valence-corrected chi connectivity index (χ4v) is 3.11. The molecule has 0 spiro atoms. The molecule has 0 bridgehead atoms. The van der Waals surface area contributed by atoms with Crippen molar-refractivity contribution in [2.75, 3.05) is 31.1 Å². The van der Waals surface area contributed by atoms with Crippen molar-refractivity contribution in [3.63, 3.8) is 0 Å². The second kappa shape index (κ2) is 7.97. The molecule has 24 heavy (non-hydrogen) atoms. The van der Waals surface area contributed by atoms with E-state index >= 15 is 0 Å². The maximum atomic E-state index is 12.4. The van der Waals surface area contributed by atoms with Crippen LogP contribution in [0, 0.1) is 0 Å². The summed E-state index contributed by atoms with van der Waals surface area (Å²) in [6, 6.07) is 20.6. The molecule has 1 aliphatic rings. The van der Waals surface area contributed by atoms with Crippen molar-refractivity contribution >= 4 is 11.6 Å². The summed E-state index contributed by atoms with van der Waals surface area (Å²) >= 11 is 0. The largest absolute Gasteiger partial charge is 0.367 e. The number of rotatable bonds is 5. The molecule has 1 amide bonds. The third-order valence-corrected chi connectivity index (χ3v) is 4.41. The highest BCUT2D eigenvalue weighted by Crippen LogP contribution is 2.20. The van der Waals surface area contributed by atoms with Crippen molar-refractivity contribution in [3.05, 3.63) is 66.2 Å². The second-order valence-corrected chi connectivity index (χ2v) is 6.20. The molecule has 126 valence electrons. The zero-order valence-corrected chi connectivity index (χ0v) is 14.1. The van der Waals surface area contributed by atoms with Crippen LogP contribution in [0.1, 0.15) is 12.5 Å². The molecule has 1 atom stereocenters. The van der Waals surface area contributed by atoms with Gasteiger partial charge in [-0.2, -0.15) is 0 Å². The van der Waals surface area contributed by atoms with Crippen LogP contribution in [-0.2, 0) is 16.1 Å². The predicted octanol–water partition coefficient (Wildman–Crippen LogP) is 2.94. The molecule has 1 saturated heterocycles. The first kappa shape index (κ1) is 16.5. The van der Waals surface area contributed by atoms with Gasteiger partial charge in [0.1, 0.15) is 6.61 Å². The Kier molecular flexibility index (Phi) is 5.49. The number of piperazine rings is 1. The van der Waals surface area contributed by atoms with Gasteiger partial charge in [0.25, 0.3) is 0 Å². The summed E-state index contributed by atoms with van der Waals surface area (Å²) in [7, 11) is 0. The Morgan fingerprint density at radius 3 is 2.38 bits per heavy atom. The lowest BCUT2D eigenvalue weighted by Gasteiger charge is -2.41. The number of carbonyl (C=O) groups is 1. The molecule has 0 aliphatic carbocycles. The maximum Gasteiger partial charge on any atom is 0.248 e. The van der Waals surface area contributed by atoms with Crippen molar-refractivity contribution < 1.29 is 9.53 Å². The summed E-state index contributed by atoms with van der Waals surface area (Å²) in [5.41, 5.74) is 2.31. The van der Waals surface area contributed by atoms with Crippen molar-refractivity contribution in [2.24, 2.45) is 0 Å². The first-order valence-corrected chi connectivity index (χ1v) is 8.45. The zero-order valence-electron chi connectivity index (χ0n) is 14.1. The van der Waals surface area contributed by atoms with Crippen LogP contribution in [0.3, 0.4) is 0 Å². The van der Waals surface area contributed by atoms with Crippen molar-refractivity contribution in [1.82, 2.24) is 4.90 Å². The molecule has 3 rings (SSSR count). The molecule has 1 aliphatic heterocycles. The van der Waals surface area contributed by atoms with Crippen LogP contribution in [0.15, 0.2) is 60.7 Å². The van der Waals surface area contributed by atoms with Gasteiger partial charge >= 0.3 is 0 Å². The highest BCUT2D eigenvalue weighted by molar-refractivity contribution is 5.77. The van der Waals surface area contributed by atoms with E-state index in [2.05, 4.69) is 36.1 Å². The number of hydrogen-bond acceptors (Lipinski definition) is 3. The van der Waals surface area contributed by atoms with Crippen LogP contribution in [-0.4, -0.2) is 43.1 Å². The van der Waals surface area contributed by atoms with Gasteiger partial charge in [0.2, 0.25) is 5.91 Å². The molecule has 0 radical (unpaired) electrons. The second-order valence-electron chi connectivity index (χ2n) is 6.20. The van der Waals surface area contributed by atoms with Crippen LogP contribution in [0.5, 0.6) is 0 Å². The number of anilines is 1. The normalized spacial score (nSPS) is 17.8. The topological polar surface area (TPSA) is 32.8 Å². The molecule has 0 unspecified atom stereocenters. The van der Waals surface area contributed by atoms with Gasteiger partial charge in [0.05, 0.1) is 6.61 Å². The molecule has 4 heteroatoms. The molecule has 0 aromatic heterocycles. The number of benzene rings is 2. The number of carbonyl (C=O) groups excluding carboxylic acids is 1. The monoisotopic (exact) mass is 324 g/mol. The average Bonchev–Trinajstić information content (AvgIpc) is 2.63. The first-order valence-electron chi connectivity index (χ1n) is 8.45. The summed E-state index contributed by atoms with van der Waals surface area (Å²) in [6.45, 7) is 5.13. The first-order chi connectivity index (χ1) is 11.7. The molecule has 2 aromatic rings. The molecule has 4 nitrogen and oxygen atoms in total. The van der Waals surface area contributed by atoms with Gasteiger partial charge in [-0.05, 0) is 24.6 Å². The Bertz CT molecular complexity index is 645. The lowest BCUT2D eigenvalue weighted by atomic mass is 10.1. The van der Waals surface area contributed by atoms with E-state index in [0.717, 1.165) is 25.2 Å². The highest BCUT2D eigenvalue weighted by Gasteiger charge is 2.26. The van der Waals surface area contributed by atoms with Crippen molar-refractivity contribution in [3.8, 4) is 0 Å². The van der Waals surface area contributed by atoms with Crippen LogP contribution in [0.2, 0.25) is 0 Å². The van der Waals surface area contributed by atoms with E-state index in [1.54, 1.807) is 0 Å². The average molecular weight is 324 g/mol. The van der Waals surface area contributed by atoms with Crippen molar-refractivity contribution in [1.29, 1.82) is 0 Å². The number of amides is 1. The van der Waals surface area contributed by atoms with E-state index in [-0.39, 0.29) is 12.5 Å². The molecular weight excluding hydrogens is 300 g/mol. The van der Waals surface area contributed by atoms with E-state index < -0.39 is 0 Å². The number of ether oxygens (including phenoxy) is 1. The van der Waals surface area contributed by atoms with E-state index in [9.17, 15) is 4.79 Å².